The van der Waals surface area contributed by atoms with E-state index >= 15 is 0 Å². The minimum atomic E-state index is -0.139. The molecule has 15 heavy (non-hydrogen) atoms. The average molecular weight is 246 g/mol. The quantitative estimate of drug-likeness (QED) is 0.887. The lowest BCUT2D eigenvalue weighted by atomic mass is 10.00. The Bertz CT molecular complexity index is 366. The van der Waals surface area contributed by atoms with E-state index in [9.17, 15) is 4.79 Å². The summed E-state index contributed by atoms with van der Waals surface area (Å²) in [4.78, 5) is 11.6. The fourth-order valence-electron chi connectivity index (χ4n) is 1.17. The van der Waals surface area contributed by atoms with Crippen molar-refractivity contribution >= 4 is 29.0 Å². The highest BCUT2D eigenvalue weighted by atomic mass is 35.5. The molecule has 0 aliphatic heterocycles. The SMILES string of the molecule is CC(CN)C(=O)Cc1cc(Cl)ccc1Cl. The van der Waals surface area contributed by atoms with E-state index in [2.05, 4.69) is 0 Å². The molecule has 0 amide bonds. The number of hydrogen-bond donors (Lipinski definition) is 1. The minimum Gasteiger partial charge on any atom is -0.330 e. The van der Waals surface area contributed by atoms with Gasteiger partial charge in [-0.05, 0) is 23.8 Å². The van der Waals surface area contributed by atoms with E-state index in [0.29, 0.717) is 16.6 Å². The first-order valence-electron chi connectivity index (χ1n) is 4.71. The van der Waals surface area contributed by atoms with Gasteiger partial charge in [-0.1, -0.05) is 30.1 Å². The third-order valence-corrected chi connectivity index (χ3v) is 2.88. The second-order valence-corrected chi connectivity index (χ2v) is 4.36. The fourth-order valence-corrected chi connectivity index (χ4v) is 1.55. The Balaban J connectivity index is 2.80. The predicted octanol–water partition coefficient (Wildman–Crippen LogP) is 2.70. The molecule has 0 spiro atoms. The number of nitrogens with two attached hydrogens (primary N) is 1. The van der Waals surface area contributed by atoms with E-state index in [1.165, 1.54) is 0 Å². The molecular formula is C11H13Cl2NO. The van der Waals surface area contributed by atoms with Crippen molar-refractivity contribution in [3.63, 3.8) is 0 Å². The molecular weight excluding hydrogens is 233 g/mol. The number of carbonyl (C=O) groups is 1. The number of benzene rings is 1. The van der Waals surface area contributed by atoms with Crippen LogP contribution in [0, 0.1) is 5.92 Å². The number of ketones is 1. The van der Waals surface area contributed by atoms with Crippen LogP contribution in [0.5, 0.6) is 0 Å². The van der Waals surface area contributed by atoms with Crippen LogP contribution < -0.4 is 5.73 Å². The number of hydrogen-bond acceptors (Lipinski definition) is 2. The highest BCUT2D eigenvalue weighted by Crippen LogP contribution is 2.21. The molecule has 2 N–H and O–H groups in total. The first-order chi connectivity index (χ1) is 7.04. The molecule has 1 unspecified atom stereocenters. The van der Waals surface area contributed by atoms with Crippen molar-refractivity contribution in [3.8, 4) is 0 Å². The van der Waals surface area contributed by atoms with Crippen LogP contribution in [0.1, 0.15) is 12.5 Å². The summed E-state index contributed by atoms with van der Waals surface area (Å²) in [7, 11) is 0. The third-order valence-electron chi connectivity index (χ3n) is 2.28. The van der Waals surface area contributed by atoms with E-state index in [1.807, 2.05) is 0 Å². The van der Waals surface area contributed by atoms with Crippen molar-refractivity contribution in [1.29, 1.82) is 0 Å². The normalized spacial score (nSPS) is 12.5. The topological polar surface area (TPSA) is 43.1 Å². The van der Waals surface area contributed by atoms with Crippen LogP contribution in [-0.4, -0.2) is 12.3 Å². The summed E-state index contributed by atoms with van der Waals surface area (Å²) in [5, 5.41) is 1.15. The second kappa shape index (κ2) is 5.50. The number of Topliss-reactive ketones (excluding diaryl/α,β-unsaturated/α-hetero) is 1. The lowest BCUT2D eigenvalue weighted by Gasteiger charge is -2.08. The van der Waals surface area contributed by atoms with Crippen LogP contribution in [0.15, 0.2) is 18.2 Å². The standard InChI is InChI=1S/C11H13Cl2NO/c1-7(6-14)11(15)5-8-4-9(12)2-3-10(8)13/h2-4,7H,5-6,14H2,1H3. The van der Waals surface area contributed by atoms with Gasteiger partial charge in [-0.3, -0.25) is 4.79 Å². The molecule has 1 aromatic rings. The smallest absolute Gasteiger partial charge is 0.141 e. The molecule has 1 aromatic carbocycles. The maximum absolute atomic E-state index is 11.6. The molecule has 0 aliphatic rings. The summed E-state index contributed by atoms with van der Waals surface area (Å²) >= 11 is 11.8. The average Bonchev–Trinajstić information content (AvgIpc) is 2.22. The maximum Gasteiger partial charge on any atom is 0.141 e. The largest absolute Gasteiger partial charge is 0.330 e. The van der Waals surface area contributed by atoms with Gasteiger partial charge in [0.15, 0.2) is 0 Å². The Morgan fingerprint density at radius 3 is 2.73 bits per heavy atom. The lowest BCUT2D eigenvalue weighted by Crippen LogP contribution is -2.22. The van der Waals surface area contributed by atoms with Crippen LogP contribution in [0.25, 0.3) is 0 Å². The molecule has 2 nitrogen and oxygen atoms in total. The summed E-state index contributed by atoms with van der Waals surface area (Å²) in [6, 6.07) is 5.11. The van der Waals surface area contributed by atoms with Crippen molar-refractivity contribution in [2.75, 3.05) is 6.54 Å². The zero-order valence-corrected chi connectivity index (χ0v) is 9.98. The predicted molar refractivity (Wildman–Crippen MR) is 63.4 cm³/mol. The third kappa shape index (κ3) is 3.49. The molecule has 0 saturated carbocycles. The molecule has 82 valence electrons. The van der Waals surface area contributed by atoms with E-state index in [1.54, 1.807) is 25.1 Å². The molecule has 0 radical (unpaired) electrons. The number of rotatable bonds is 4. The van der Waals surface area contributed by atoms with E-state index in [4.69, 9.17) is 28.9 Å². The molecule has 0 aromatic heterocycles. The van der Waals surface area contributed by atoms with Gasteiger partial charge in [0.1, 0.15) is 5.78 Å². The van der Waals surface area contributed by atoms with Gasteiger partial charge in [0, 0.05) is 28.9 Å². The number of halogens is 2. The molecule has 0 aliphatic carbocycles. The Morgan fingerprint density at radius 2 is 2.13 bits per heavy atom. The molecule has 4 heteroatoms. The lowest BCUT2D eigenvalue weighted by molar-refractivity contribution is -0.121. The van der Waals surface area contributed by atoms with Gasteiger partial charge in [-0.25, -0.2) is 0 Å². The second-order valence-electron chi connectivity index (χ2n) is 3.52. The van der Waals surface area contributed by atoms with Crippen LogP contribution >= 0.6 is 23.2 Å². The van der Waals surface area contributed by atoms with Gasteiger partial charge < -0.3 is 5.73 Å². The van der Waals surface area contributed by atoms with Gasteiger partial charge in [0.2, 0.25) is 0 Å². The number of carbonyl (C=O) groups excluding carboxylic acids is 1. The van der Waals surface area contributed by atoms with Crippen LogP contribution in [0.4, 0.5) is 0 Å². The molecule has 0 heterocycles. The Kier molecular flexibility index (Phi) is 4.58. The van der Waals surface area contributed by atoms with Crippen LogP contribution in [0.2, 0.25) is 10.0 Å². The van der Waals surface area contributed by atoms with Crippen molar-refractivity contribution in [2.45, 2.75) is 13.3 Å². The van der Waals surface area contributed by atoms with Crippen LogP contribution in [-0.2, 0) is 11.2 Å². The van der Waals surface area contributed by atoms with Crippen molar-refractivity contribution < 1.29 is 4.79 Å². The van der Waals surface area contributed by atoms with E-state index < -0.39 is 0 Å². The summed E-state index contributed by atoms with van der Waals surface area (Å²) < 4.78 is 0. The molecule has 1 atom stereocenters. The van der Waals surface area contributed by atoms with Gasteiger partial charge in [-0.15, -0.1) is 0 Å². The Hall–Kier alpha value is -0.570. The van der Waals surface area contributed by atoms with E-state index in [0.717, 1.165) is 5.56 Å². The minimum absolute atomic E-state index is 0.0849. The maximum atomic E-state index is 11.6. The first kappa shape index (κ1) is 12.5. The zero-order chi connectivity index (χ0) is 11.4. The van der Waals surface area contributed by atoms with Crippen molar-refractivity contribution in [2.24, 2.45) is 11.7 Å². The van der Waals surface area contributed by atoms with Crippen molar-refractivity contribution in [1.82, 2.24) is 0 Å². The summed E-state index contributed by atoms with van der Waals surface area (Å²) in [5.41, 5.74) is 6.17. The van der Waals surface area contributed by atoms with Gasteiger partial charge >= 0.3 is 0 Å². The highest BCUT2D eigenvalue weighted by molar-refractivity contribution is 6.33. The molecule has 0 bridgehead atoms. The van der Waals surface area contributed by atoms with Crippen molar-refractivity contribution in [3.05, 3.63) is 33.8 Å². The molecule has 1 rings (SSSR count). The first-order valence-corrected chi connectivity index (χ1v) is 5.47. The Morgan fingerprint density at radius 1 is 1.47 bits per heavy atom. The summed E-state index contributed by atoms with van der Waals surface area (Å²) in [6.45, 7) is 2.16. The molecule has 0 saturated heterocycles. The van der Waals surface area contributed by atoms with Gasteiger partial charge in [-0.2, -0.15) is 0 Å². The molecule has 0 fully saturated rings. The zero-order valence-electron chi connectivity index (χ0n) is 8.47. The highest BCUT2D eigenvalue weighted by Gasteiger charge is 2.13. The Labute approximate surface area is 99.4 Å². The fraction of sp³-hybridized carbons (Fsp3) is 0.364. The van der Waals surface area contributed by atoms with Gasteiger partial charge in [0.25, 0.3) is 0 Å². The summed E-state index contributed by atoms with van der Waals surface area (Å²) in [5.74, 6) is -0.0540. The van der Waals surface area contributed by atoms with Gasteiger partial charge in [0.05, 0.1) is 0 Å². The summed E-state index contributed by atoms with van der Waals surface area (Å²) in [6.07, 6.45) is 0.289. The van der Waals surface area contributed by atoms with Crippen LogP contribution in [0.3, 0.4) is 0 Å². The monoisotopic (exact) mass is 245 g/mol. The van der Waals surface area contributed by atoms with E-state index in [-0.39, 0.29) is 18.1 Å².